The summed E-state index contributed by atoms with van der Waals surface area (Å²) in [4.78, 5) is 0. The van der Waals surface area contributed by atoms with E-state index in [1.807, 2.05) is 12.1 Å². The maximum Gasteiger partial charge on any atom is 0.208 e. The Hall–Kier alpha value is -0.150. The van der Waals surface area contributed by atoms with Crippen molar-refractivity contribution in [2.24, 2.45) is 0 Å². The second-order valence-corrected chi connectivity index (χ2v) is 7.48. The van der Waals surface area contributed by atoms with Crippen LogP contribution in [-0.4, -0.2) is 34.9 Å². The number of rotatable bonds is 7. The lowest BCUT2D eigenvalue weighted by Crippen LogP contribution is -2.30. The van der Waals surface area contributed by atoms with Crippen molar-refractivity contribution in [3.63, 3.8) is 0 Å². The molecule has 1 rings (SSSR count). The molecule has 0 unspecified atom stereocenters. The third-order valence-electron chi connectivity index (χ3n) is 2.26. The first-order chi connectivity index (χ1) is 8.83. The zero-order chi connectivity index (χ0) is 14.5. The van der Waals surface area contributed by atoms with Crippen LogP contribution < -0.4 is 14.8 Å². The van der Waals surface area contributed by atoms with E-state index in [9.17, 15) is 8.42 Å². The summed E-state index contributed by atoms with van der Waals surface area (Å²) in [6, 6.07) is 3.92. The van der Waals surface area contributed by atoms with E-state index in [4.69, 9.17) is 4.74 Å². The Morgan fingerprint density at radius 3 is 2.26 bits per heavy atom. The summed E-state index contributed by atoms with van der Waals surface area (Å²) >= 11 is 6.86. The van der Waals surface area contributed by atoms with Crippen LogP contribution in [0.2, 0.25) is 0 Å². The maximum absolute atomic E-state index is 10.9. The molecule has 0 aliphatic rings. The largest absolute Gasteiger partial charge is 0.494 e. The maximum atomic E-state index is 10.9. The Morgan fingerprint density at radius 2 is 1.79 bits per heavy atom. The second-order valence-electron chi connectivity index (χ2n) is 3.94. The molecule has 0 aliphatic carbocycles. The molecule has 1 aromatic carbocycles. The van der Waals surface area contributed by atoms with E-state index in [2.05, 4.69) is 41.9 Å². The van der Waals surface area contributed by atoms with Crippen molar-refractivity contribution < 1.29 is 13.2 Å². The normalized spacial score (nSPS) is 11.6. The quantitative estimate of drug-likeness (QED) is 0.667. The number of sulfonamides is 1. The Morgan fingerprint density at radius 1 is 1.21 bits per heavy atom. The summed E-state index contributed by atoms with van der Waals surface area (Å²) in [6.07, 6.45) is 1.14. The molecular formula is C11H16Br2N2O3S. The molecule has 1 aromatic rings. The van der Waals surface area contributed by atoms with Crippen molar-refractivity contribution in [3.8, 4) is 5.75 Å². The molecule has 0 amide bonds. The minimum atomic E-state index is -3.11. The molecule has 19 heavy (non-hydrogen) atoms. The SMILES string of the molecule is COc1c(Br)cc(CNCCNS(C)(=O)=O)cc1Br. The van der Waals surface area contributed by atoms with Gasteiger partial charge in [-0.3, -0.25) is 0 Å². The Bertz CT molecular complexity index is 512. The highest BCUT2D eigenvalue weighted by Gasteiger charge is 2.07. The molecule has 0 spiro atoms. The smallest absolute Gasteiger partial charge is 0.208 e. The van der Waals surface area contributed by atoms with Gasteiger partial charge < -0.3 is 10.1 Å². The Balaban J connectivity index is 2.46. The molecule has 5 nitrogen and oxygen atoms in total. The van der Waals surface area contributed by atoms with Gasteiger partial charge in [0.2, 0.25) is 10.0 Å². The molecule has 0 radical (unpaired) electrons. The van der Waals surface area contributed by atoms with Gasteiger partial charge in [-0.05, 0) is 49.6 Å². The van der Waals surface area contributed by atoms with Crippen LogP contribution in [0.15, 0.2) is 21.1 Å². The first kappa shape index (κ1) is 16.9. The first-order valence-corrected chi connectivity index (χ1v) is 8.98. The van der Waals surface area contributed by atoms with Crippen molar-refractivity contribution in [2.75, 3.05) is 26.5 Å². The van der Waals surface area contributed by atoms with Crippen LogP contribution in [0, 0.1) is 0 Å². The van der Waals surface area contributed by atoms with Gasteiger partial charge in [0.05, 0.1) is 22.3 Å². The van der Waals surface area contributed by atoms with Gasteiger partial charge in [0, 0.05) is 19.6 Å². The standard InChI is InChI=1S/C11H16Br2N2O3S/c1-18-11-9(12)5-8(6-10(11)13)7-14-3-4-15-19(2,16)17/h5-6,14-15H,3-4,7H2,1-2H3. The van der Waals surface area contributed by atoms with Gasteiger partial charge in [-0.1, -0.05) is 0 Å². The fraction of sp³-hybridized carbons (Fsp3) is 0.455. The lowest BCUT2D eigenvalue weighted by molar-refractivity contribution is 0.409. The highest BCUT2D eigenvalue weighted by molar-refractivity contribution is 9.11. The molecular weight excluding hydrogens is 400 g/mol. The molecule has 0 heterocycles. The molecule has 0 fully saturated rings. The van der Waals surface area contributed by atoms with Crippen LogP contribution in [0.3, 0.4) is 0 Å². The third-order valence-corrected chi connectivity index (χ3v) is 4.16. The van der Waals surface area contributed by atoms with Crippen molar-refractivity contribution in [1.82, 2.24) is 10.0 Å². The number of benzene rings is 1. The van der Waals surface area contributed by atoms with E-state index >= 15 is 0 Å². The van der Waals surface area contributed by atoms with Crippen LogP contribution in [-0.2, 0) is 16.6 Å². The van der Waals surface area contributed by atoms with Gasteiger partial charge in [0.25, 0.3) is 0 Å². The van der Waals surface area contributed by atoms with Crippen LogP contribution in [0.4, 0.5) is 0 Å². The summed E-state index contributed by atoms with van der Waals surface area (Å²) in [7, 11) is -1.50. The zero-order valence-electron chi connectivity index (χ0n) is 10.7. The van der Waals surface area contributed by atoms with Crippen LogP contribution in [0.1, 0.15) is 5.56 Å². The molecule has 0 atom stereocenters. The predicted molar refractivity (Wildman–Crippen MR) is 82.9 cm³/mol. The highest BCUT2D eigenvalue weighted by atomic mass is 79.9. The molecule has 0 aromatic heterocycles. The van der Waals surface area contributed by atoms with Crippen molar-refractivity contribution in [1.29, 1.82) is 0 Å². The lowest BCUT2D eigenvalue weighted by atomic mass is 10.2. The van der Waals surface area contributed by atoms with Crippen LogP contribution >= 0.6 is 31.9 Å². The van der Waals surface area contributed by atoms with E-state index in [1.54, 1.807) is 7.11 Å². The van der Waals surface area contributed by atoms with Crippen LogP contribution in [0.25, 0.3) is 0 Å². The highest BCUT2D eigenvalue weighted by Crippen LogP contribution is 2.34. The van der Waals surface area contributed by atoms with Gasteiger partial charge in [-0.2, -0.15) is 0 Å². The van der Waals surface area contributed by atoms with E-state index < -0.39 is 10.0 Å². The fourth-order valence-electron chi connectivity index (χ4n) is 1.47. The Kier molecular flexibility index (Phi) is 6.75. The van der Waals surface area contributed by atoms with E-state index in [0.717, 1.165) is 26.5 Å². The number of hydrogen-bond acceptors (Lipinski definition) is 4. The lowest BCUT2D eigenvalue weighted by Gasteiger charge is -2.10. The number of halogens is 2. The van der Waals surface area contributed by atoms with Crippen molar-refractivity contribution in [3.05, 3.63) is 26.6 Å². The monoisotopic (exact) mass is 414 g/mol. The molecule has 8 heteroatoms. The van der Waals surface area contributed by atoms with Gasteiger partial charge in [-0.15, -0.1) is 0 Å². The summed E-state index contributed by atoms with van der Waals surface area (Å²) in [5, 5.41) is 3.16. The zero-order valence-corrected chi connectivity index (χ0v) is 14.7. The minimum Gasteiger partial charge on any atom is -0.494 e. The predicted octanol–water partition coefficient (Wildman–Crippen LogP) is 1.86. The number of hydrogen-bond donors (Lipinski definition) is 2. The summed E-state index contributed by atoms with van der Waals surface area (Å²) in [5.74, 6) is 0.752. The van der Waals surface area contributed by atoms with Crippen LogP contribution in [0.5, 0.6) is 5.75 Å². The van der Waals surface area contributed by atoms with Gasteiger partial charge in [-0.25, -0.2) is 13.1 Å². The fourth-order valence-corrected chi connectivity index (χ4v) is 3.54. The van der Waals surface area contributed by atoms with Gasteiger partial charge in [0.1, 0.15) is 5.75 Å². The molecule has 0 bridgehead atoms. The molecule has 0 aliphatic heterocycles. The third kappa shape index (κ3) is 6.22. The average Bonchev–Trinajstić information content (AvgIpc) is 2.26. The minimum absolute atomic E-state index is 0.372. The van der Waals surface area contributed by atoms with E-state index in [1.165, 1.54) is 0 Å². The molecule has 108 valence electrons. The summed E-state index contributed by atoms with van der Waals surface area (Å²) < 4.78 is 31.1. The van der Waals surface area contributed by atoms with Gasteiger partial charge >= 0.3 is 0 Å². The summed E-state index contributed by atoms with van der Waals surface area (Å²) in [5.41, 5.74) is 1.07. The number of methoxy groups -OCH3 is 1. The first-order valence-electron chi connectivity index (χ1n) is 5.50. The number of ether oxygens (including phenoxy) is 1. The average molecular weight is 416 g/mol. The van der Waals surface area contributed by atoms with Crippen molar-refractivity contribution in [2.45, 2.75) is 6.54 Å². The molecule has 2 N–H and O–H groups in total. The van der Waals surface area contributed by atoms with Gasteiger partial charge in [0.15, 0.2) is 0 Å². The summed E-state index contributed by atoms with van der Waals surface area (Å²) in [6.45, 7) is 1.58. The topological polar surface area (TPSA) is 67.4 Å². The molecule has 0 saturated carbocycles. The Labute approximate surface area is 130 Å². The van der Waals surface area contributed by atoms with E-state index in [-0.39, 0.29) is 0 Å². The van der Waals surface area contributed by atoms with Crippen molar-refractivity contribution >= 4 is 41.9 Å². The second kappa shape index (κ2) is 7.58. The molecule has 0 saturated heterocycles. The van der Waals surface area contributed by atoms with E-state index in [0.29, 0.717) is 19.6 Å². The number of nitrogens with one attached hydrogen (secondary N) is 2.